The van der Waals surface area contributed by atoms with Crippen molar-refractivity contribution in [2.45, 2.75) is 43.2 Å². The molecule has 0 bridgehead atoms. The monoisotopic (exact) mass is 302 g/mol. The second-order valence-corrected chi connectivity index (χ2v) is 6.87. The van der Waals surface area contributed by atoms with Gasteiger partial charge in [-0.1, -0.05) is 32.9 Å². The number of aryl methyl sites for hydroxylation is 1. The first kappa shape index (κ1) is 15.5. The number of carboxylic acids is 1. The molecule has 0 atom stereocenters. The molecule has 0 saturated heterocycles. The number of nitrogens with zero attached hydrogens (tertiary/aromatic N) is 2. The molecular weight excluding hydrogens is 284 g/mol. The molecule has 0 aliphatic carbocycles. The van der Waals surface area contributed by atoms with Gasteiger partial charge in [-0.3, -0.25) is 0 Å². The topological polar surface area (TPSA) is 63.1 Å². The lowest BCUT2D eigenvalue weighted by molar-refractivity contribution is 0.0695. The minimum Gasteiger partial charge on any atom is -0.478 e. The number of carbonyl (C=O) groups is 1. The van der Waals surface area contributed by atoms with Crippen LogP contribution >= 0.6 is 11.8 Å². The summed E-state index contributed by atoms with van der Waals surface area (Å²) in [4.78, 5) is 20.3. The van der Waals surface area contributed by atoms with Gasteiger partial charge in [0.25, 0.3) is 0 Å². The molecule has 0 spiro atoms. The Balaban J connectivity index is 2.19. The molecule has 0 fully saturated rings. The van der Waals surface area contributed by atoms with Gasteiger partial charge in [-0.05, 0) is 41.8 Å². The normalized spacial score (nSPS) is 11.4. The Bertz CT molecular complexity index is 661. The van der Waals surface area contributed by atoms with Crippen LogP contribution in [0.1, 0.15) is 42.4 Å². The van der Waals surface area contributed by atoms with Gasteiger partial charge < -0.3 is 5.11 Å². The van der Waals surface area contributed by atoms with E-state index in [2.05, 4.69) is 42.9 Å². The number of aromatic carboxylic acids is 1. The Hall–Kier alpha value is -1.88. The fourth-order valence-electron chi connectivity index (χ4n) is 1.83. The molecule has 1 heterocycles. The van der Waals surface area contributed by atoms with Crippen LogP contribution in [-0.2, 0) is 5.41 Å². The molecule has 4 nitrogen and oxygen atoms in total. The Labute approximate surface area is 128 Å². The molecule has 1 aromatic heterocycles. The summed E-state index contributed by atoms with van der Waals surface area (Å²) >= 11 is 1.43. The van der Waals surface area contributed by atoms with Gasteiger partial charge in [0.2, 0.25) is 0 Å². The summed E-state index contributed by atoms with van der Waals surface area (Å²) in [6.45, 7) is 8.20. The van der Waals surface area contributed by atoms with Gasteiger partial charge in [-0.2, -0.15) is 0 Å². The standard InChI is InChI=1S/C16H18N2O2S/c1-10-13(14(19)20)9-17-15(18-10)21-12-7-5-11(6-8-12)16(2,3)4/h5-9H,1-4H3,(H,19,20). The van der Waals surface area contributed by atoms with E-state index < -0.39 is 5.97 Å². The number of carboxylic acid groups (broad SMARTS) is 1. The summed E-state index contributed by atoms with van der Waals surface area (Å²) in [7, 11) is 0. The molecule has 0 aliphatic rings. The van der Waals surface area contributed by atoms with Crippen LogP contribution in [0.25, 0.3) is 0 Å². The molecule has 5 heteroatoms. The van der Waals surface area contributed by atoms with Crippen LogP contribution in [0.3, 0.4) is 0 Å². The predicted molar refractivity (Wildman–Crippen MR) is 83.0 cm³/mol. The highest BCUT2D eigenvalue weighted by Gasteiger charge is 2.14. The van der Waals surface area contributed by atoms with Crippen LogP contribution in [0, 0.1) is 6.92 Å². The summed E-state index contributed by atoms with van der Waals surface area (Å²) < 4.78 is 0. The first-order valence-corrected chi connectivity index (χ1v) is 7.44. The summed E-state index contributed by atoms with van der Waals surface area (Å²) in [5.74, 6) is -1.00. The molecular formula is C16H18N2O2S. The van der Waals surface area contributed by atoms with Crippen molar-refractivity contribution in [1.82, 2.24) is 9.97 Å². The number of benzene rings is 1. The maximum atomic E-state index is 10.9. The SMILES string of the molecule is Cc1nc(Sc2ccc(C(C)(C)C)cc2)ncc1C(=O)O. The zero-order valence-electron chi connectivity index (χ0n) is 12.5. The minimum atomic E-state index is -1.00. The molecule has 2 aromatic rings. The van der Waals surface area contributed by atoms with Crippen molar-refractivity contribution in [2.24, 2.45) is 0 Å². The van der Waals surface area contributed by atoms with Crippen molar-refractivity contribution in [3.05, 3.63) is 47.3 Å². The largest absolute Gasteiger partial charge is 0.478 e. The van der Waals surface area contributed by atoms with Crippen LogP contribution < -0.4 is 0 Å². The van der Waals surface area contributed by atoms with Crippen molar-refractivity contribution < 1.29 is 9.90 Å². The average molecular weight is 302 g/mol. The zero-order chi connectivity index (χ0) is 15.6. The number of rotatable bonds is 3. The predicted octanol–water partition coefficient (Wildman–Crippen LogP) is 3.93. The van der Waals surface area contributed by atoms with Crippen LogP contribution in [-0.4, -0.2) is 21.0 Å². The maximum Gasteiger partial charge on any atom is 0.339 e. The fraction of sp³-hybridized carbons (Fsp3) is 0.312. The molecule has 0 radical (unpaired) electrons. The van der Waals surface area contributed by atoms with Crippen LogP contribution in [0.5, 0.6) is 0 Å². The molecule has 0 unspecified atom stereocenters. The molecule has 0 aliphatic heterocycles. The van der Waals surface area contributed by atoms with E-state index in [0.29, 0.717) is 10.9 Å². The van der Waals surface area contributed by atoms with Gasteiger partial charge in [0.15, 0.2) is 5.16 Å². The average Bonchev–Trinajstić information content (AvgIpc) is 2.38. The smallest absolute Gasteiger partial charge is 0.339 e. The van der Waals surface area contributed by atoms with Gasteiger partial charge in [0, 0.05) is 11.1 Å². The van der Waals surface area contributed by atoms with Gasteiger partial charge in [-0.15, -0.1) is 0 Å². The van der Waals surface area contributed by atoms with E-state index in [1.165, 1.54) is 23.5 Å². The molecule has 1 aromatic carbocycles. The lowest BCUT2D eigenvalue weighted by Gasteiger charge is -2.18. The second-order valence-electron chi connectivity index (χ2n) is 5.83. The molecule has 0 saturated carbocycles. The Morgan fingerprint density at radius 2 is 1.81 bits per heavy atom. The number of hydrogen-bond acceptors (Lipinski definition) is 4. The van der Waals surface area contributed by atoms with E-state index in [0.717, 1.165) is 4.90 Å². The van der Waals surface area contributed by atoms with E-state index in [4.69, 9.17) is 5.11 Å². The first-order valence-electron chi connectivity index (χ1n) is 6.63. The van der Waals surface area contributed by atoms with Gasteiger partial charge >= 0.3 is 5.97 Å². The Kier molecular flexibility index (Phi) is 4.32. The van der Waals surface area contributed by atoms with Crippen molar-refractivity contribution in [2.75, 3.05) is 0 Å². The van der Waals surface area contributed by atoms with Crippen molar-refractivity contribution in [3.63, 3.8) is 0 Å². The highest BCUT2D eigenvalue weighted by Crippen LogP contribution is 2.28. The zero-order valence-corrected chi connectivity index (χ0v) is 13.4. The molecule has 110 valence electrons. The summed E-state index contributed by atoms with van der Waals surface area (Å²) in [6.07, 6.45) is 1.36. The highest BCUT2D eigenvalue weighted by atomic mass is 32.2. The highest BCUT2D eigenvalue weighted by molar-refractivity contribution is 7.99. The summed E-state index contributed by atoms with van der Waals surface area (Å²) in [5, 5.41) is 9.52. The third-order valence-corrected chi connectivity index (χ3v) is 4.00. The fourth-order valence-corrected chi connectivity index (χ4v) is 2.60. The van der Waals surface area contributed by atoms with Crippen molar-refractivity contribution in [3.8, 4) is 0 Å². The quantitative estimate of drug-likeness (QED) is 0.870. The number of hydrogen-bond donors (Lipinski definition) is 1. The molecule has 1 N–H and O–H groups in total. The van der Waals surface area contributed by atoms with E-state index in [-0.39, 0.29) is 11.0 Å². The lowest BCUT2D eigenvalue weighted by atomic mass is 9.87. The van der Waals surface area contributed by atoms with E-state index >= 15 is 0 Å². The van der Waals surface area contributed by atoms with Crippen molar-refractivity contribution >= 4 is 17.7 Å². The summed E-state index contributed by atoms with van der Waals surface area (Å²) in [5.41, 5.74) is 2.01. The van der Waals surface area contributed by atoms with E-state index in [1.807, 2.05) is 12.1 Å². The minimum absolute atomic E-state index is 0.124. The first-order chi connectivity index (χ1) is 9.77. The number of aromatic nitrogens is 2. The Morgan fingerprint density at radius 3 is 2.29 bits per heavy atom. The van der Waals surface area contributed by atoms with Crippen molar-refractivity contribution in [1.29, 1.82) is 0 Å². The van der Waals surface area contributed by atoms with Crippen LogP contribution in [0.15, 0.2) is 40.5 Å². The second kappa shape index (κ2) is 5.85. The van der Waals surface area contributed by atoms with E-state index in [1.54, 1.807) is 6.92 Å². The lowest BCUT2D eigenvalue weighted by Crippen LogP contribution is -2.10. The molecule has 0 amide bonds. The third-order valence-electron chi connectivity index (χ3n) is 3.12. The molecule has 2 rings (SSSR count). The Morgan fingerprint density at radius 1 is 1.19 bits per heavy atom. The van der Waals surface area contributed by atoms with E-state index in [9.17, 15) is 4.79 Å². The van der Waals surface area contributed by atoms with Gasteiger partial charge in [-0.25, -0.2) is 14.8 Å². The molecule has 21 heavy (non-hydrogen) atoms. The van der Waals surface area contributed by atoms with Crippen LogP contribution in [0.2, 0.25) is 0 Å². The van der Waals surface area contributed by atoms with Gasteiger partial charge in [0.1, 0.15) is 0 Å². The maximum absolute atomic E-state index is 10.9. The summed E-state index contributed by atoms with van der Waals surface area (Å²) in [6, 6.07) is 8.27. The van der Waals surface area contributed by atoms with Gasteiger partial charge in [0.05, 0.1) is 11.3 Å². The van der Waals surface area contributed by atoms with Crippen LogP contribution in [0.4, 0.5) is 0 Å². The third kappa shape index (κ3) is 3.82.